The van der Waals surface area contributed by atoms with E-state index in [0.717, 1.165) is 0 Å². The standard InChI is InChI=1S/C6H16NO4P.K/c1-4-10-12(8,9)11-6-5-7(2)3;/h4-6H2,1-3H3,(H,8,9);/q;+1/p-1. The van der Waals surface area contributed by atoms with Crippen LogP contribution in [0.3, 0.4) is 0 Å². The second kappa shape index (κ2) is 8.97. The fourth-order valence-corrected chi connectivity index (χ4v) is 1.23. The molecule has 0 aliphatic carbocycles. The van der Waals surface area contributed by atoms with Crippen LogP contribution in [0.5, 0.6) is 0 Å². The van der Waals surface area contributed by atoms with Gasteiger partial charge in [-0.2, -0.15) is 0 Å². The molecule has 0 fully saturated rings. The monoisotopic (exact) mass is 235 g/mol. The molecule has 13 heavy (non-hydrogen) atoms. The van der Waals surface area contributed by atoms with Crippen molar-refractivity contribution in [2.45, 2.75) is 6.92 Å². The van der Waals surface area contributed by atoms with Crippen molar-refractivity contribution in [2.75, 3.05) is 33.9 Å². The first kappa shape index (κ1) is 17.1. The number of phosphoric acid groups is 1. The molecule has 74 valence electrons. The summed E-state index contributed by atoms with van der Waals surface area (Å²) in [5.74, 6) is 0. The third-order valence-corrected chi connectivity index (χ3v) is 2.15. The largest absolute Gasteiger partial charge is 1.00 e. The molecule has 0 aromatic rings. The van der Waals surface area contributed by atoms with Crippen molar-refractivity contribution in [2.24, 2.45) is 0 Å². The van der Waals surface area contributed by atoms with Crippen LogP contribution in [0.2, 0.25) is 0 Å². The number of nitrogens with zero attached hydrogens (tertiary/aromatic N) is 1. The van der Waals surface area contributed by atoms with Gasteiger partial charge in [-0.1, -0.05) is 0 Å². The Hall–Kier alpha value is 1.71. The summed E-state index contributed by atoms with van der Waals surface area (Å²) in [4.78, 5) is 12.6. The molecule has 0 amide bonds. The molecule has 0 rings (SSSR count). The summed E-state index contributed by atoms with van der Waals surface area (Å²) in [5, 5.41) is 0. The molecule has 1 unspecified atom stereocenters. The molecule has 0 aromatic heterocycles. The van der Waals surface area contributed by atoms with Crippen molar-refractivity contribution in [3.05, 3.63) is 0 Å². The molecule has 0 aliphatic rings. The van der Waals surface area contributed by atoms with E-state index in [2.05, 4.69) is 9.05 Å². The van der Waals surface area contributed by atoms with Crippen LogP contribution >= 0.6 is 7.82 Å². The van der Waals surface area contributed by atoms with Crippen LogP contribution in [0.25, 0.3) is 0 Å². The van der Waals surface area contributed by atoms with Gasteiger partial charge < -0.3 is 18.8 Å². The van der Waals surface area contributed by atoms with Crippen molar-refractivity contribution in [1.29, 1.82) is 0 Å². The topological polar surface area (TPSA) is 61.8 Å². The van der Waals surface area contributed by atoms with E-state index < -0.39 is 7.82 Å². The van der Waals surface area contributed by atoms with Crippen LogP contribution in [0, 0.1) is 0 Å². The summed E-state index contributed by atoms with van der Waals surface area (Å²) in [7, 11) is -0.359. The fraction of sp³-hybridized carbons (Fsp3) is 1.00. The predicted molar refractivity (Wildman–Crippen MR) is 43.7 cm³/mol. The summed E-state index contributed by atoms with van der Waals surface area (Å²) < 4.78 is 19.7. The molecule has 0 heterocycles. The molecule has 0 aromatic carbocycles. The first-order valence-electron chi connectivity index (χ1n) is 3.73. The van der Waals surface area contributed by atoms with E-state index in [1.807, 2.05) is 19.0 Å². The molecule has 0 radical (unpaired) electrons. The number of hydrogen-bond donors (Lipinski definition) is 0. The Morgan fingerprint density at radius 3 is 2.31 bits per heavy atom. The molecular formula is C6H15KNO4P. The van der Waals surface area contributed by atoms with E-state index in [1.165, 1.54) is 0 Å². The molecule has 5 nitrogen and oxygen atoms in total. The smallest absolute Gasteiger partial charge is 0.756 e. The summed E-state index contributed by atoms with van der Waals surface area (Å²) in [6, 6.07) is 0. The van der Waals surface area contributed by atoms with Gasteiger partial charge in [0.05, 0.1) is 13.2 Å². The second-order valence-corrected chi connectivity index (χ2v) is 3.91. The molecule has 1 atom stereocenters. The van der Waals surface area contributed by atoms with E-state index in [1.54, 1.807) is 6.92 Å². The second-order valence-electron chi connectivity index (χ2n) is 2.50. The summed E-state index contributed by atoms with van der Waals surface area (Å²) in [6.07, 6.45) is 0. The minimum Gasteiger partial charge on any atom is -0.756 e. The Labute approximate surface area is 122 Å². The van der Waals surface area contributed by atoms with Gasteiger partial charge in [0.25, 0.3) is 7.82 Å². The van der Waals surface area contributed by atoms with Gasteiger partial charge in [-0.15, -0.1) is 0 Å². The molecule has 0 aliphatic heterocycles. The molecule has 0 N–H and O–H groups in total. The van der Waals surface area contributed by atoms with Crippen molar-refractivity contribution >= 4 is 7.82 Å². The molecule has 0 spiro atoms. The molecule has 7 heteroatoms. The molecule has 0 saturated heterocycles. The van der Waals surface area contributed by atoms with Crippen molar-refractivity contribution < 1.29 is 69.9 Å². The predicted octanol–water partition coefficient (Wildman–Crippen LogP) is -2.93. The Morgan fingerprint density at radius 1 is 1.38 bits per heavy atom. The van der Waals surface area contributed by atoms with E-state index in [9.17, 15) is 9.46 Å². The van der Waals surface area contributed by atoms with Crippen LogP contribution in [0.15, 0.2) is 0 Å². The summed E-state index contributed by atoms with van der Waals surface area (Å²) >= 11 is 0. The zero-order valence-corrected chi connectivity index (χ0v) is 12.7. The zero-order valence-electron chi connectivity index (χ0n) is 8.65. The molecule has 0 saturated carbocycles. The van der Waals surface area contributed by atoms with Crippen molar-refractivity contribution in [1.82, 2.24) is 4.90 Å². The number of phosphoric ester groups is 1. The minimum absolute atomic E-state index is 0. The van der Waals surface area contributed by atoms with Gasteiger partial charge in [-0.3, -0.25) is 4.57 Å². The SMILES string of the molecule is CCOP(=O)([O-])OCCN(C)C.[K+]. The van der Waals surface area contributed by atoms with Gasteiger partial charge in [0.1, 0.15) is 0 Å². The molecule has 0 bridgehead atoms. The first-order chi connectivity index (χ1) is 5.48. The van der Waals surface area contributed by atoms with Gasteiger partial charge in [0.15, 0.2) is 0 Å². The Bertz CT molecular complexity index is 167. The number of rotatable bonds is 6. The third kappa shape index (κ3) is 11.6. The number of hydrogen-bond acceptors (Lipinski definition) is 5. The zero-order chi connectivity index (χ0) is 9.61. The van der Waals surface area contributed by atoms with Gasteiger partial charge in [-0.05, 0) is 21.0 Å². The quantitative estimate of drug-likeness (QED) is 0.364. The third-order valence-electron chi connectivity index (χ3n) is 1.08. The van der Waals surface area contributed by atoms with Gasteiger partial charge in [0, 0.05) is 6.54 Å². The van der Waals surface area contributed by atoms with Crippen LogP contribution in [-0.4, -0.2) is 38.8 Å². The molecular weight excluding hydrogens is 220 g/mol. The summed E-state index contributed by atoms with van der Waals surface area (Å²) in [6.45, 7) is 2.40. The van der Waals surface area contributed by atoms with E-state index in [0.29, 0.717) is 6.54 Å². The van der Waals surface area contributed by atoms with E-state index in [4.69, 9.17) is 0 Å². The van der Waals surface area contributed by atoms with Crippen molar-refractivity contribution in [3.63, 3.8) is 0 Å². The maximum atomic E-state index is 10.8. The Balaban J connectivity index is 0. The average molecular weight is 235 g/mol. The Kier molecular flexibility index (Phi) is 11.8. The van der Waals surface area contributed by atoms with Gasteiger partial charge in [0.2, 0.25) is 0 Å². The van der Waals surface area contributed by atoms with E-state index >= 15 is 0 Å². The normalized spacial score (nSPS) is 15.2. The van der Waals surface area contributed by atoms with Gasteiger partial charge in [-0.25, -0.2) is 0 Å². The number of likely N-dealkylation sites (N-methyl/N-ethyl adjacent to an activating group) is 1. The van der Waals surface area contributed by atoms with Gasteiger partial charge >= 0.3 is 51.4 Å². The van der Waals surface area contributed by atoms with Crippen LogP contribution in [-0.2, 0) is 13.6 Å². The van der Waals surface area contributed by atoms with Crippen molar-refractivity contribution in [3.8, 4) is 0 Å². The summed E-state index contributed by atoms with van der Waals surface area (Å²) in [5.41, 5.74) is 0. The Morgan fingerprint density at radius 2 is 1.92 bits per heavy atom. The van der Waals surface area contributed by atoms with E-state index in [-0.39, 0.29) is 64.6 Å². The maximum Gasteiger partial charge on any atom is 1.00 e. The van der Waals surface area contributed by atoms with Crippen LogP contribution in [0.1, 0.15) is 6.92 Å². The fourth-order valence-electron chi connectivity index (χ4n) is 0.531. The minimum atomic E-state index is -4.03. The van der Waals surface area contributed by atoms with Crippen LogP contribution in [0.4, 0.5) is 0 Å². The maximum absolute atomic E-state index is 10.8. The average Bonchev–Trinajstić information content (AvgIpc) is 1.85. The first-order valence-corrected chi connectivity index (χ1v) is 5.19. The van der Waals surface area contributed by atoms with Crippen LogP contribution < -0.4 is 56.3 Å².